The maximum absolute atomic E-state index is 13.4. The van der Waals surface area contributed by atoms with Crippen molar-refractivity contribution in [3.8, 4) is 0 Å². The van der Waals surface area contributed by atoms with Gasteiger partial charge in [-0.25, -0.2) is 0 Å². The molecule has 3 rings (SSSR count). The number of piperidine rings is 1. The predicted molar refractivity (Wildman–Crippen MR) is 94.6 cm³/mol. The first-order valence-corrected chi connectivity index (χ1v) is 9.82. The molecule has 1 N–H and O–H groups in total. The molecule has 6 heteroatoms. The van der Waals surface area contributed by atoms with Crippen molar-refractivity contribution in [3.63, 3.8) is 0 Å². The molecule has 1 aromatic heterocycles. The highest BCUT2D eigenvalue weighted by molar-refractivity contribution is 7.99. The minimum absolute atomic E-state index is 0.245. The molecule has 1 saturated heterocycles. The number of carbonyl (C=O) groups is 1. The standard InChI is InChI=1S/C17H28N4OS/c1-3-23-15-6-5-14(13-15)20(2)16(22)17(7-10-18-11-8-17)21-12-4-9-19-21/h4,9,12,14-15,18H,3,5-8,10-11,13H2,1-2H3. The number of thioether (sulfide) groups is 1. The van der Waals surface area contributed by atoms with E-state index in [0.29, 0.717) is 11.3 Å². The van der Waals surface area contributed by atoms with Crippen molar-refractivity contribution in [3.05, 3.63) is 18.5 Å². The van der Waals surface area contributed by atoms with Crippen molar-refractivity contribution in [2.24, 2.45) is 0 Å². The number of nitrogens with one attached hydrogen (secondary N) is 1. The highest BCUT2D eigenvalue weighted by Crippen LogP contribution is 2.35. The lowest BCUT2D eigenvalue weighted by molar-refractivity contribution is -0.143. The van der Waals surface area contributed by atoms with Crippen molar-refractivity contribution < 1.29 is 4.79 Å². The third-order valence-electron chi connectivity index (χ3n) is 5.40. The zero-order chi connectivity index (χ0) is 16.3. The Morgan fingerprint density at radius 3 is 2.87 bits per heavy atom. The lowest BCUT2D eigenvalue weighted by Gasteiger charge is -2.40. The van der Waals surface area contributed by atoms with Crippen LogP contribution >= 0.6 is 11.8 Å². The molecule has 2 heterocycles. The van der Waals surface area contributed by atoms with Crippen molar-refractivity contribution in [2.45, 2.75) is 55.9 Å². The fraction of sp³-hybridized carbons (Fsp3) is 0.765. The lowest BCUT2D eigenvalue weighted by Crippen LogP contribution is -2.56. The van der Waals surface area contributed by atoms with E-state index in [0.717, 1.165) is 44.5 Å². The molecule has 0 spiro atoms. The molecule has 0 radical (unpaired) electrons. The molecular weight excluding hydrogens is 308 g/mol. The van der Waals surface area contributed by atoms with Crippen LogP contribution in [0.4, 0.5) is 0 Å². The third-order valence-corrected chi connectivity index (χ3v) is 6.63. The van der Waals surface area contributed by atoms with Gasteiger partial charge in [-0.05, 0) is 57.0 Å². The van der Waals surface area contributed by atoms with E-state index < -0.39 is 5.54 Å². The first kappa shape index (κ1) is 16.8. The van der Waals surface area contributed by atoms with E-state index in [9.17, 15) is 4.79 Å². The zero-order valence-electron chi connectivity index (χ0n) is 14.2. The fourth-order valence-corrected chi connectivity index (χ4v) is 5.19. The van der Waals surface area contributed by atoms with Crippen LogP contribution in [0.3, 0.4) is 0 Å². The molecule has 0 aromatic carbocycles. The maximum atomic E-state index is 13.4. The third kappa shape index (κ3) is 3.29. The minimum Gasteiger partial charge on any atom is -0.341 e. The van der Waals surface area contributed by atoms with Gasteiger partial charge in [-0.15, -0.1) is 0 Å². The zero-order valence-corrected chi connectivity index (χ0v) is 15.0. The lowest BCUT2D eigenvalue weighted by atomic mass is 9.86. The number of amides is 1. The van der Waals surface area contributed by atoms with Gasteiger partial charge >= 0.3 is 0 Å². The van der Waals surface area contributed by atoms with Gasteiger partial charge in [0.1, 0.15) is 5.54 Å². The highest BCUT2D eigenvalue weighted by atomic mass is 32.2. The van der Waals surface area contributed by atoms with Crippen LogP contribution < -0.4 is 5.32 Å². The molecule has 1 saturated carbocycles. The Kier molecular flexibility index (Phi) is 5.31. The summed E-state index contributed by atoms with van der Waals surface area (Å²) in [4.78, 5) is 15.4. The minimum atomic E-state index is -0.501. The highest BCUT2D eigenvalue weighted by Gasteiger charge is 2.45. The van der Waals surface area contributed by atoms with Crippen molar-refractivity contribution in [1.29, 1.82) is 0 Å². The molecular formula is C17H28N4OS. The van der Waals surface area contributed by atoms with Crippen LogP contribution in [0.5, 0.6) is 0 Å². The van der Waals surface area contributed by atoms with E-state index >= 15 is 0 Å². The van der Waals surface area contributed by atoms with Gasteiger partial charge in [0.05, 0.1) is 0 Å². The summed E-state index contributed by atoms with van der Waals surface area (Å²) in [5.74, 6) is 1.41. The van der Waals surface area contributed by atoms with Crippen molar-refractivity contribution in [1.82, 2.24) is 20.0 Å². The summed E-state index contributed by atoms with van der Waals surface area (Å²) in [6.45, 7) is 3.96. The summed E-state index contributed by atoms with van der Waals surface area (Å²) in [7, 11) is 2.00. The Morgan fingerprint density at radius 2 is 2.22 bits per heavy atom. The topological polar surface area (TPSA) is 50.2 Å². The van der Waals surface area contributed by atoms with Crippen LogP contribution in [0, 0.1) is 0 Å². The summed E-state index contributed by atoms with van der Waals surface area (Å²) >= 11 is 2.04. The molecule has 2 atom stereocenters. The second-order valence-electron chi connectivity index (χ2n) is 6.69. The molecule has 1 aromatic rings. The Morgan fingerprint density at radius 1 is 1.43 bits per heavy atom. The molecule has 2 aliphatic rings. The monoisotopic (exact) mass is 336 g/mol. The second kappa shape index (κ2) is 7.26. The average Bonchev–Trinajstić information content (AvgIpc) is 3.26. The predicted octanol–water partition coefficient (Wildman–Crippen LogP) is 2.09. The smallest absolute Gasteiger partial charge is 0.250 e. The van der Waals surface area contributed by atoms with Gasteiger partial charge < -0.3 is 10.2 Å². The maximum Gasteiger partial charge on any atom is 0.250 e. The Labute approximate surface area is 143 Å². The molecule has 1 aliphatic carbocycles. The van der Waals surface area contributed by atoms with E-state index in [1.807, 2.05) is 40.7 Å². The fourth-order valence-electron chi connectivity index (χ4n) is 4.05. The van der Waals surface area contributed by atoms with E-state index in [-0.39, 0.29) is 5.91 Å². The normalized spacial score (nSPS) is 27.0. The molecule has 1 amide bonds. The first-order valence-electron chi connectivity index (χ1n) is 8.77. The summed E-state index contributed by atoms with van der Waals surface area (Å²) in [6.07, 6.45) is 8.86. The average molecular weight is 337 g/mol. The van der Waals surface area contributed by atoms with Gasteiger partial charge in [0.15, 0.2) is 0 Å². The number of carbonyl (C=O) groups excluding carboxylic acids is 1. The van der Waals surface area contributed by atoms with Crippen molar-refractivity contribution in [2.75, 3.05) is 25.9 Å². The van der Waals surface area contributed by atoms with E-state index in [1.54, 1.807) is 6.20 Å². The van der Waals surface area contributed by atoms with Gasteiger partial charge in [-0.3, -0.25) is 9.48 Å². The van der Waals surface area contributed by atoms with Gasteiger partial charge in [0, 0.05) is 30.7 Å². The second-order valence-corrected chi connectivity index (χ2v) is 8.27. The molecule has 23 heavy (non-hydrogen) atoms. The van der Waals surface area contributed by atoms with Gasteiger partial charge in [0.25, 0.3) is 5.91 Å². The number of rotatable bonds is 5. The Balaban J connectivity index is 1.76. The SMILES string of the molecule is CCSC1CCC(N(C)C(=O)C2(n3cccn3)CCNCC2)C1. The molecule has 1 aliphatic heterocycles. The van der Waals surface area contributed by atoms with E-state index in [1.165, 1.54) is 6.42 Å². The summed E-state index contributed by atoms with van der Waals surface area (Å²) < 4.78 is 1.90. The van der Waals surface area contributed by atoms with Crippen LogP contribution in [-0.4, -0.2) is 57.8 Å². The molecule has 2 fully saturated rings. The molecule has 5 nitrogen and oxygen atoms in total. The molecule has 2 unspecified atom stereocenters. The molecule has 128 valence electrons. The number of likely N-dealkylation sites (N-methyl/N-ethyl adjacent to an activating group) is 1. The van der Waals surface area contributed by atoms with E-state index in [2.05, 4.69) is 17.3 Å². The number of nitrogens with zero attached hydrogens (tertiary/aromatic N) is 3. The van der Waals surface area contributed by atoms with Crippen LogP contribution in [-0.2, 0) is 10.3 Å². The van der Waals surface area contributed by atoms with E-state index in [4.69, 9.17) is 0 Å². The summed E-state index contributed by atoms with van der Waals surface area (Å²) in [5.41, 5.74) is -0.501. The molecule has 0 bridgehead atoms. The van der Waals surface area contributed by atoms with Crippen molar-refractivity contribution >= 4 is 17.7 Å². The van der Waals surface area contributed by atoms with Crippen LogP contribution in [0.1, 0.15) is 39.0 Å². The Hall–Kier alpha value is -1.01. The summed E-state index contributed by atoms with van der Waals surface area (Å²) in [6, 6.07) is 2.30. The van der Waals surface area contributed by atoms with Gasteiger partial charge in [-0.1, -0.05) is 6.92 Å². The summed E-state index contributed by atoms with van der Waals surface area (Å²) in [5, 5.41) is 8.51. The Bertz CT molecular complexity index is 513. The number of hydrogen-bond acceptors (Lipinski definition) is 4. The number of aromatic nitrogens is 2. The largest absolute Gasteiger partial charge is 0.341 e. The van der Waals surface area contributed by atoms with Gasteiger partial charge in [0.2, 0.25) is 0 Å². The van der Waals surface area contributed by atoms with Crippen LogP contribution in [0.15, 0.2) is 18.5 Å². The quantitative estimate of drug-likeness (QED) is 0.894. The first-order chi connectivity index (χ1) is 11.2. The van der Waals surface area contributed by atoms with Crippen LogP contribution in [0.2, 0.25) is 0 Å². The number of hydrogen-bond donors (Lipinski definition) is 1. The van der Waals surface area contributed by atoms with Crippen LogP contribution in [0.25, 0.3) is 0 Å². The van der Waals surface area contributed by atoms with Gasteiger partial charge in [-0.2, -0.15) is 16.9 Å².